The number of carboxylic acids is 2. The standard InChI is InChI=1S/C17H24N4S.2C2HF3O2/c1-19-7-15(6-18-19)9-20-4-2-16-10-21(12-17(16)11-20)8-14-3-5-22-13-14;2*3-2(4,5)1(6)7/h3,5-7,13,16-17H,2,4,8-12H2,1H3;2*(H,6,7)/t16-,17+;;/m1../s1. The van der Waals surface area contributed by atoms with E-state index in [-0.39, 0.29) is 0 Å². The summed E-state index contributed by atoms with van der Waals surface area (Å²) < 4.78 is 65.4. The van der Waals surface area contributed by atoms with Crippen molar-refractivity contribution in [3.05, 3.63) is 40.3 Å². The molecule has 2 fully saturated rings. The SMILES string of the molecule is Cn1cc(CN2CC[C@@H]3CN(Cc4ccsc4)C[C@@H]3C2)cn1.O=C(O)C(F)(F)F.O=C(O)C(F)(F)F. The molecule has 2 aromatic rings. The number of nitrogens with zero attached hydrogens (tertiary/aromatic N) is 4. The van der Waals surface area contributed by atoms with Crippen molar-refractivity contribution in [2.45, 2.75) is 31.9 Å². The summed E-state index contributed by atoms with van der Waals surface area (Å²) in [7, 11) is 2.00. The number of fused-ring (bicyclic) bond motifs is 1. The van der Waals surface area contributed by atoms with Crippen molar-refractivity contribution >= 4 is 23.3 Å². The smallest absolute Gasteiger partial charge is 0.475 e. The fraction of sp³-hybridized carbons (Fsp3) is 0.571. The van der Waals surface area contributed by atoms with E-state index in [4.69, 9.17) is 19.8 Å². The van der Waals surface area contributed by atoms with Crippen LogP contribution in [-0.2, 0) is 29.7 Å². The Balaban J connectivity index is 0.000000271. The average molecular weight is 545 g/mol. The molecule has 4 heterocycles. The number of likely N-dealkylation sites (tertiary alicyclic amines) is 2. The van der Waals surface area contributed by atoms with Crippen LogP contribution in [0.2, 0.25) is 0 Å². The number of thiophene rings is 1. The van der Waals surface area contributed by atoms with E-state index in [1.54, 1.807) is 0 Å². The molecule has 0 bridgehead atoms. The molecule has 0 amide bonds. The van der Waals surface area contributed by atoms with Crippen molar-refractivity contribution in [3.63, 3.8) is 0 Å². The van der Waals surface area contributed by atoms with Gasteiger partial charge in [-0.25, -0.2) is 9.59 Å². The number of alkyl halides is 6. The molecular weight excluding hydrogens is 518 g/mol. The summed E-state index contributed by atoms with van der Waals surface area (Å²) in [6.07, 6.45) is -4.67. The molecule has 36 heavy (non-hydrogen) atoms. The Hall–Kier alpha value is -2.65. The van der Waals surface area contributed by atoms with Gasteiger partial charge in [-0.2, -0.15) is 42.8 Å². The first-order valence-corrected chi connectivity index (χ1v) is 11.6. The van der Waals surface area contributed by atoms with Crippen LogP contribution in [0.15, 0.2) is 29.2 Å². The van der Waals surface area contributed by atoms with Gasteiger partial charge < -0.3 is 10.2 Å². The Morgan fingerprint density at radius 1 is 0.972 bits per heavy atom. The van der Waals surface area contributed by atoms with E-state index in [9.17, 15) is 26.3 Å². The molecule has 202 valence electrons. The lowest BCUT2D eigenvalue weighted by molar-refractivity contribution is -0.193. The van der Waals surface area contributed by atoms with Gasteiger partial charge in [-0.15, -0.1) is 0 Å². The molecule has 4 rings (SSSR count). The van der Waals surface area contributed by atoms with Crippen LogP contribution in [0, 0.1) is 11.8 Å². The quantitative estimate of drug-likeness (QED) is 0.567. The minimum Gasteiger partial charge on any atom is -0.475 e. The fourth-order valence-electron chi connectivity index (χ4n) is 4.07. The van der Waals surface area contributed by atoms with E-state index in [1.165, 1.54) is 43.7 Å². The first kappa shape index (κ1) is 29.6. The van der Waals surface area contributed by atoms with Crippen LogP contribution in [0.1, 0.15) is 17.5 Å². The van der Waals surface area contributed by atoms with Crippen LogP contribution >= 0.6 is 11.3 Å². The summed E-state index contributed by atoms with van der Waals surface area (Å²) in [5, 5.41) is 23.0. The Kier molecular flexibility index (Phi) is 10.3. The zero-order valence-electron chi connectivity index (χ0n) is 19.2. The minimum atomic E-state index is -5.08. The van der Waals surface area contributed by atoms with Gasteiger partial charge in [0.2, 0.25) is 0 Å². The monoisotopic (exact) mass is 544 g/mol. The van der Waals surface area contributed by atoms with Crippen molar-refractivity contribution in [1.29, 1.82) is 0 Å². The van der Waals surface area contributed by atoms with Gasteiger partial charge in [0, 0.05) is 51.5 Å². The lowest BCUT2D eigenvalue weighted by Crippen LogP contribution is -2.39. The predicted molar refractivity (Wildman–Crippen MR) is 117 cm³/mol. The van der Waals surface area contributed by atoms with Crippen LogP contribution in [-0.4, -0.2) is 80.3 Å². The Bertz CT molecular complexity index is 956. The third-order valence-electron chi connectivity index (χ3n) is 5.60. The topological polar surface area (TPSA) is 98.9 Å². The van der Waals surface area contributed by atoms with Crippen LogP contribution in [0.5, 0.6) is 0 Å². The minimum absolute atomic E-state index is 0.851. The second kappa shape index (κ2) is 12.5. The van der Waals surface area contributed by atoms with Crippen LogP contribution in [0.3, 0.4) is 0 Å². The van der Waals surface area contributed by atoms with Gasteiger partial charge >= 0.3 is 24.3 Å². The van der Waals surface area contributed by atoms with Crippen molar-refractivity contribution < 1.29 is 46.1 Å². The maximum absolute atomic E-state index is 10.6. The number of aryl methyl sites for hydroxylation is 1. The number of hydrogen-bond acceptors (Lipinski definition) is 6. The number of halogens is 6. The van der Waals surface area contributed by atoms with Crippen molar-refractivity contribution in [2.24, 2.45) is 18.9 Å². The van der Waals surface area contributed by atoms with E-state index < -0.39 is 24.3 Å². The zero-order valence-corrected chi connectivity index (χ0v) is 20.0. The van der Waals surface area contributed by atoms with E-state index in [2.05, 4.69) is 37.9 Å². The Morgan fingerprint density at radius 2 is 1.50 bits per heavy atom. The number of rotatable bonds is 4. The molecule has 2 atom stereocenters. The van der Waals surface area contributed by atoms with E-state index >= 15 is 0 Å². The average Bonchev–Trinajstić information content (AvgIpc) is 3.49. The summed E-state index contributed by atoms with van der Waals surface area (Å²) in [6, 6.07) is 2.27. The van der Waals surface area contributed by atoms with Crippen LogP contribution < -0.4 is 0 Å². The Labute approximate surface area is 206 Å². The molecule has 0 saturated carbocycles. The lowest BCUT2D eigenvalue weighted by Gasteiger charge is -2.34. The largest absolute Gasteiger partial charge is 0.490 e. The first-order chi connectivity index (χ1) is 16.6. The predicted octanol–water partition coefficient (Wildman–Crippen LogP) is 3.70. The number of hydrogen-bond donors (Lipinski definition) is 2. The van der Waals surface area contributed by atoms with Crippen molar-refractivity contribution in [2.75, 3.05) is 26.2 Å². The molecule has 2 aliphatic heterocycles. The van der Waals surface area contributed by atoms with Gasteiger partial charge in [0.25, 0.3) is 0 Å². The second-order valence-corrected chi connectivity index (χ2v) is 9.28. The maximum Gasteiger partial charge on any atom is 0.490 e. The Morgan fingerprint density at radius 3 is 1.97 bits per heavy atom. The van der Waals surface area contributed by atoms with Crippen LogP contribution in [0.4, 0.5) is 26.3 Å². The van der Waals surface area contributed by atoms with Crippen molar-refractivity contribution in [1.82, 2.24) is 19.6 Å². The second-order valence-electron chi connectivity index (χ2n) is 8.50. The highest BCUT2D eigenvalue weighted by atomic mass is 32.1. The van der Waals surface area contributed by atoms with Crippen LogP contribution in [0.25, 0.3) is 0 Å². The highest BCUT2D eigenvalue weighted by Gasteiger charge is 2.39. The normalized spacial score (nSPS) is 20.5. The fourth-order valence-corrected chi connectivity index (χ4v) is 4.73. The molecule has 2 saturated heterocycles. The van der Waals surface area contributed by atoms with Gasteiger partial charge in [0.15, 0.2) is 0 Å². The maximum atomic E-state index is 10.6. The van der Waals surface area contributed by atoms with E-state index in [0.29, 0.717) is 0 Å². The van der Waals surface area contributed by atoms with Gasteiger partial charge in [-0.1, -0.05) is 0 Å². The van der Waals surface area contributed by atoms with Gasteiger partial charge in [0.05, 0.1) is 6.20 Å². The molecule has 15 heteroatoms. The number of aromatic nitrogens is 2. The molecule has 2 N–H and O–H groups in total. The van der Waals surface area contributed by atoms with Gasteiger partial charge in [0.1, 0.15) is 0 Å². The molecular formula is C21H26F6N4O4S. The molecule has 0 radical (unpaired) electrons. The van der Waals surface area contributed by atoms with E-state index in [1.807, 2.05) is 29.3 Å². The summed E-state index contributed by atoms with van der Waals surface area (Å²) in [6.45, 7) is 7.24. The third kappa shape index (κ3) is 9.78. The van der Waals surface area contributed by atoms with Crippen molar-refractivity contribution in [3.8, 4) is 0 Å². The molecule has 0 spiro atoms. The number of piperidine rings is 1. The lowest BCUT2D eigenvalue weighted by atomic mass is 9.88. The zero-order chi connectivity index (χ0) is 27.1. The highest BCUT2D eigenvalue weighted by molar-refractivity contribution is 7.07. The molecule has 0 aliphatic carbocycles. The molecule has 8 nitrogen and oxygen atoms in total. The van der Waals surface area contributed by atoms with Gasteiger partial charge in [-0.05, 0) is 47.2 Å². The summed E-state index contributed by atoms with van der Waals surface area (Å²) in [5.41, 5.74) is 2.82. The molecule has 0 aromatic carbocycles. The number of carboxylic acid groups (broad SMARTS) is 2. The third-order valence-corrected chi connectivity index (χ3v) is 6.33. The number of carbonyl (C=O) groups is 2. The highest BCUT2D eigenvalue weighted by Crippen LogP contribution is 2.32. The molecule has 0 unspecified atom stereocenters. The molecule has 2 aromatic heterocycles. The summed E-state index contributed by atoms with van der Waals surface area (Å²) in [5.74, 6) is -3.76. The van der Waals surface area contributed by atoms with E-state index in [0.717, 1.165) is 24.9 Å². The molecule has 2 aliphatic rings. The van der Waals surface area contributed by atoms with Gasteiger partial charge in [-0.3, -0.25) is 14.5 Å². The number of aliphatic carboxylic acids is 2. The first-order valence-electron chi connectivity index (χ1n) is 10.7. The summed E-state index contributed by atoms with van der Waals surface area (Å²) in [4.78, 5) is 23.1. The summed E-state index contributed by atoms with van der Waals surface area (Å²) >= 11 is 1.81.